The van der Waals surface area contributed by atoms with E-state index in [0.717, 1.165) is 13.1 Å². The molecule has 14 heavy (non-hydrogen) atoms. The zero-order chi connectivity index (χ0) is 10.8. The Morgan fingerprint density at radius 3 is 2.43 bits per heavy atom. The van der Waals surface area contributed by atoms with E-state index in [1.165, 1.54) is 0 Å². The lowest BCUT2D eigenvalue weighted by Crippen LogP contribution is -2.43. The Labute approximate surface area is 85.5 Å². The topological polar surface area (TPSA) is 43.8 Å². The predicted octanol–water partition coefficient (Wildman–Crippen LogP) is 0.905. The van der Waals surface area contributed by atoms with Gasteiger partial charge in [-0.25, -0.2) is 4.79 Å². The van der Waals surface area contributed by atoms with E-state index in [2.05, 4.69) is 0 Å². The Bertz CT molecular complexity index is 212. The summed E-state index contributed by atoms with van der Waals surface area (Å²) in [6.07, 6.45) is 0.681. The molecule has 2 amide bonds. The standard InChI is InChI=1S/C10H20N2O2/c1-4-11(5-2)9(13)12-7-6-10(3,14)8-12/h14H,4-8H2,1-3H3. The molecular weight excluding hydrogens is 180 g/mol. The number of likely N-dealkylation sites (tertiary alicyclic amines) is 1. The molecule has 1 fully saturated rings. The van der Waals surface area contributed by atoms with E-state index in [1.807, 2.05) is 13.8 Å². The zero-order valence-corrected chi connectivity index (χ0v) is 9.29. The Kier molecular flexibility index (Phi) is 3.37. The largest absolute Gasteiger partial charge is 0.388 e. The van der Waals surface area contributed by atoms with Gasteiger partial charge in [0.1, 0.15) is 0 Å². The summed E-state index contributed by atoms with van der Waals surface area (Å²) in [6.45, 7) is 8.31. The van der Waals surface area contributed by atoms with Crippen molar-refractivity contribution in [3.8, 4) is 0 Å². The predicted molar refractivity (Wildman–Crippen MR) is 55.1 cm³/mol. The van der Waals surface area contributed by atoms with Crippen LogP contribution in [0.25, 0.3) is 0 Å². The molecule has 1 aliphatic heterocycles. The van der Waals surface area contributed by atoms with Crippen molar-refractivity contribution in [1.29, 1.82) is 0 Å². The second-order valence-corrected chi connectivity index (χ2v) is 4.12. The summed E-state index contributed by atoms with van der Waals surface area (Å²) in [6, 6.07) is 0.0489. The van der Waals surface area contributed by atoms with Crippen molar-refractivity contribution < 1.29 is 9.90 Å². The van der Waals surface area contributed by atoms with Gasteiger partial charge in [0.05, 0.1) is 12.1 Å². The van der Waals surface area contributed by atoms with E-state index in [-0.39, 0.29) is 6.03 Å². The molecule has 0 radical (unpaired) electrons. The molecule has 0 spiro atoms. The fourth-order valence-corrected chi connectivity index (χ4v) is 1.80. The second-order valence-electron chi connectivity index (χ2n) is 4.12. The number of aliphatic hydroxyl groups is 1. The van der Waals surface area contributed by atoms with Crippen LogP contribution in [-0.2, 0) is 0 Å². The first-order chi connectivity index (χ1) is 6.50. The van der Waals surface area contributed by atoms with Gasteiger partial charge in [-0.15, -0.1) is 0 Å². The molecule has 0 aromatic heterocycles. The highest BCUT2D eigenvalue weighted by Gasteiger charge is 2.35. The molecule has 1 saturated heterocycles. The zero-order valence-electron chi connectivity index (χ0n) is 9.29. The molecule has 0 aliphatic carbocycles. The molecule has 1 N–H and O–H groups in total. The van der Waals surface area contributed by atoms with Gasteiger partial charge in [-0.1, -0.05) is 0 Å². The third-order valence-electron chi connectivity index (χ3n) is 2.76. The van der Waals surface area contributed by atoms with E-state index < -0.39 is 5.60 Å². The Morgan fingerprint density at radius 1 is 1.50 bits per heavy atom. The summed E-state index contributed by atoms with van der Waals surface area (Å²) in [5.41, 5.74) is -0.692. The maximum Gasteiger partial charge on any atom is 0.320 e. The van der Waals surface area contributed by atoms with Crippen LogP contribution in [0.3, 0.4) is 0 Å². The van der Waals surface area contributed by atoms with Gasteiger partial charge < -0.3 is 14.9 Å². The minimum Gasteiger partial charge on any atom is -0.388 e. The number of carbonyl (C=O) groups is 1. The third-order valence-corrected chi connectivity index (χ3v) is 2.76. The molecule has 1 heterocycles. The monoisotopic (exact) mass is 200 g/mol. The Balaban J connectivity index is 2.54. The Hall–Kier alpha value is -0.770. The summed E-state index contributed by atoms with van der Waals surface area (Å²) >= 11 is 0. The molecule has 1 rings (SSSR count). The maximum absolute atomic E-state index is 11.8. The smallest absolute Gasteiger partial charge is 0.320 e. The van der Waals surface area contributed by atoms with E-state index in [1.54, 1.807) is 16.7 Å². The first kappa shape index (κ1) is 11.3. The summed E-state index contributed by atoms with van der Waals surface area (Å²) in [5, 5.41) is 9.73. The van der Waals surface area contributed by atoms with Crippen molar-refractivity contribution in [3.63, 3.8) is 0 Å². The second kappa shape index (κ2) is 4.17. The number of β-amino-alcohol motifs (C(OH)–C–C–N with tert-alkyl or cyclic N) is 1. The van der Waals surface area contributed by atoms with Crippen LogP contribution < -0.4 is 0 Å². The highest BCUT2D eigenvalue weighted by Crippen LogP contribution is 2.21. The number of rotatable bonds is 2. The normalized spacial score (nSPS) is 26.7. The minimum absolute atomic E-state index is 0.0489. The molecule has 1 unspecified atom stereocenters. The van der Waals surface area contributed by atoms with Crippen LogP contribution in [0.2, 0.25) is 0 Å². The molecule has 0 bridgehead atoms. The molecule has 1 atom stereocenters. The van der Waals surface area contributed by atoms with E-state index in [4.69, 9.17) is 0 Å². The van der Waals surface area contributed by atoms with Gasteiger partial charge in [-0.05, 0) is 27.2 Å². The molecule has 0 saturated carbocycles. The lowest BCUT2D eigenvalue weighted by molar-refractivity contribution is 0.0691. The number of amides is 2. The molecular formula is C10H20N2O2. The van der Waals surface area contributed by atoms with Crippen molar-refractivity contribution in [2.75, 3.05) is 26.2 Å². The van der Waals surface area contributed by atoms with Crippen LogP contribution in [0.4, 0.5) is 4.79 Å². The van der Waals surface area contributed by atoms with Gasteiger partial charge in [0.2, 0.25) is 0 Å². The summed E-state index contributed by atoms with van der Waals surface area (Å²) < 4.78 is 0. The Morgan fingerprint density at radius 2 is 2.07 bits per heavy atom. The van der Waals surface area contributed by atoms with Gasteiger partial charge in [-0.2, -0.15) is 0 Å². The third kappa shape index (κ3) is 2.38. The first-order valence-corrected chi connectivity index (χ1v) is 5.26. The lowest BCUT2D eigenvalue weighted by atomic mass is 10.1. The van der Waals surface area contributed by atoms with Crippen LogP contribution in [0.1, 0.15) is 27.2 Å². The van der Waals surface area contributed by atoms with Crippen LogP contribution in [0, 0.1) is 0 Å². The van der Waals surface area contributed by atoms with Gasteiger partial charge in [0, 0.05) is 19.6 Å². The van der Waals surface area contributed by atoms with Crippen LogP contribution >= 0.6 is 0 Å². The van der Waals surface area contributed by atoms with E-state index >= 15 is 0 Å². The molecule has 0 aromatic carbocycles. The fraction of sp³-hybridized carbons (Fsp3) is 0.900. The van der Waals surface area contributed by atoms with E-state index in [9.17, 15) is 9.90 Å². The first-order valence-electron chi connectivity index (χ1n) is 5.26. The van der Waals surface area contributed by atoms with Gasteiger partial charge in [0.15, 0.2) is 0 Å². The molecule has 1 aliphatic rings. The SMILES string of the molecule is CCN(CC)C(=O)N1CCC(C)(O)C1. The van der Waals surface area contributed by atoms with E-state index in [0.29, 0.717) is 19.5 Å². The van der Waals surface area contributed by atoms with Gasteiger partial charge in [0.25, 0.3) is 0 Å². The van der Waals surface area contributed by atoms with Crippen LogP contribution in [-0.4, -0.2) is 52.7 Å². The van der Waals surface area contributed by atoms with Crippen molar-refractivity contribution in [2.24, 2.45) is 0 Å². The molecule has 4 nitrogen and oxygen atoms in total. The summed E-state index contributed by atoms with van der Waals surface area (Å²) in [4.78, 5) is 15.3. The minimum atomic E-state index is -0.692. The van der Waals surface area contributed by atoms with Crippen molar-refractivity contribution >= 4 is 6.03 Å². The van der Waals surface area contributed by atoms with Crippen molar-refractivity contribution in [3.05, 3.63) is 0 Å². The summed E-state index contributed by atoms with van der Waals surface area (Å²) in [7, 11) is 0. The summed E-state index contributed by atoms with van der Waals surface area (Å²) in [5.74, 6) is 0. The molecule has 82 valence electrons. The average molecular weight is 200 g/mol. The van der Waals surface area contributed by atoms with Gasteiger partial charge >= 0.3 is 6.03 Å². The fourth-order valence-electron chi connectivity index (χ4n) is 1.80. The highest BCUT2D eigenvalue weighted by molar-refractivity contribution is 5.74. The molecule has 4 heteroatoms. The quantitative estimate of drug-likeness (QED) is 0.720. The average Bonchev–Trinajstić information content (AvgIpc) is 2.48. The van der Waals surface area contributed by atoms with Crippen molar-refractivity contribution in [2.45, 2.75) is 32.8 Å². The van der Waals surface area contributed by atoms with Crippen LogP contribution in [0.5, 0.6) is 0 Å². The van der Waals surface area contributed by atoms with Crippen molar-refractivity contribution in [1.82, 2.24) is 9.80 Å². The lowest BCUT2D eigenvalue weighted by Gasteiger charge is -2.26. The molecule has 0 aromatic rings. The number of carbonyl (C=O) groups excluding carboxylic acids is 1. The van der Waals surface area contributed by atoms with Gasteiger partial charge in [-0.3, -0.25) is 0 Å². The maximum atomic E-state index is 11.8. The number of urea groups is 1. The number of hydrogen-bond donors (Lipinski definition) is 1. The number of nitrogens with zero attached hydrogens (tertiary/aromatic N) is 2. The van der Waals surface area contributed by atoms with Crippen LogP contribution in [0.15, 0.2) is 0 Å². The number of hydrogen-bond acceptors (Lipinski definition) is 2. The highest BCUT2D eigenvalue weighted by atomic mass is 16.3.